The molecule has 36 heavy (non-hydrogen) atoms. The molecule has 184 valence electrons. The van der Waals surface area contributed by atoms with E-state index in [2.05, 4.69) is 28.1 Å². The Kier molecular flexibility index (Phi) is 6.30. The van der Waals surface area contributed by atoms with Crippen molar-refractivity contribution in [2.45, 2.75) is 38.9 Å². The molecule has 1 aromatic heterocycles. The summed E-state index contributed by atoms with van der Waals surface area (Å²) in [6.45, 7) is 5.60. The zero-order valence-corrected chi connectivity index (χ0v) is 19.9. The maximum atomic E-state index is 14.1. The summed E-state index contributed by atoms with van der Waals surface area (Å²) in [4.78, 5) is 0. The van der Waals surface area contributed by atoms with Crippen molar-refractivity contribution >= 4 is 0 Å². The molecule has 0 aliphatic carbocycles. The van der Waals surface area contributed by atoms with Crippen molar-refractivity contribution in [3.8, 4) is 23.8 Å². The summed E-state index contributed by atoms with van der Waals surface area (Å²) in [6.07, 6.45) is -4.65. The van der Waals surface area contributed by atoms with Gasteiger partial charge in [0.05, 0.1) is 16.5 Å². The first-order valence-corrected chi connectivity index (χ1v) is 11.2. The highest BCUT2D eigenvalue weighted by atomic mass is 19.4. The van der Waals surface area contributed by atoms with Gasteiger partial charge in [-0.1, -0.05) is 43.9 Å². The molecule has 2 heterocycles. The minimum atomic E-state index is -4.65. The van der Waals surface area contributed by atoms with E-state index in [1.54, 1.807) is 25.1 Å². The smallest absolute Gasteiger partial charge is 0.416 e. The number of nitriles is 1. The summed E-state index contributed by atoms with van der Waals surface area (Å²) in [5.41, 5.74) is 12.5. The molecule has 3 aromatic rings. The van der Waals surface area contributed by atoms with Gasteiger partial charge in [-0.05, 0) is 48.2 Å². The van der Waals surface area contributed by atoms with E-state index in [1.807, 2.05) is 26.0 Å². The van der Waals surface area contributed by atoms with Crippen LogP contribution in [0.1, 0.15) is 52.9 Å². The Morgan fingerprint density at radius 3 is 2.53 bits per heavy atom. The highest BCUT2D eigenvalue weighted by Crippen LogP contribution is 2.53. The third-order valence-corrected chi connectivity index (χ3v) is 6.43. The van der Waals surface area contributed by atoms with E-state index in [9.17, 15) is 18.4 Å². The summed E-state index contributed by atoms with van der Waals surface area (Å²) in [7, 11) is 0. The number of allylic oxidation sites excluding steroid dienone is 1. The van der Waals surface area contributed by atoms with Gasteiger partial charge in [-0.2, -0.15) is 18.4 Å². The molecule has 6 nitrogen and oxygen atoms in total. The number of benzene rings is 2. The van der Waals surface area contributed by atoms with Crippen molar-refractivity contribution in [3.63, 3.8) is 0 Å². The van der Waals surface area contributed by atoms with Crippen molar-refractivity contribution < 1.29 is 17.9 Å². The quantitative estimate of drug-likeness (QED) is 0.463. The normalized spacial score (nSPS) is 17.2. The fourth-order valence-electron chi connectivity index (χ4n) is 4.81. The lowest BCUT2D eigenvalue weighted by Gasteiger charge is -2.41. The molecule has 1 aliphatic heterocycles. The summed E-state index contributed by atoms with van der Waals surface area (Å²) in [5.74, 6) is 5.34. The number of H-pyrrole nitrogens is 1. The molecule has 0 radical (unpaired) electrons. The van der Waals surface area contributed by atoms with Gasteiger partial charge in [-0.3, -0.25) is 5.10 Å². The summed E-state index contributed by atoms with van der Waals surface area (Å²) >= 11 is 0. The number of nitrogens with one attached hydrogen (secondary N) is 1. The fraction of sp³-hybridized carbons (Fsp3) is 0.259. The number of nitrogens with zero attached hydrogens (tertiary/aromatic N) is 2. The van der Waals surface area contributed by atoms with Crippen molar-refractivity contribution in [1.82, 2.24) is 10.2 Å². The summed E-state index contributed by atoms with van der Waals surface area (Å²) in [5, 5.41) is 17.1. The highest BCUT2D eigenvalue weighted by molar-refractivity contribution is 5.63. The van der Waals surface area contributed by atoms with Crippen LogP contribution in [0.4, 0.5) is 13.2 Å². The fourth-order valence-corrected chi connectivity index (χ4v) is 4.81. The van der Waals surface area contributed by atoms with Crippen LogP contribution in [-0.4, -0.2) is 10.2 Å². The van der Waals surface area contributed by atoms with Crippen LogP contribution in [0.5, 0.6) is 5.88 Å². The molecule has 1 unspecified atom stereocenters. The number of nitrogens with two attached hydrogens (primary N) is 2. The zero-order chi connectivity index (χ0) is 26.3. The zero-order valence-electron chi connectivity index (χ0n) is 19.9. The topological polar surface area (TPSA) is 114 Å². The average Bonchev–Trinajstić information content (AvgIpc) is 3.21. The van der Waals surface area contributed by atoms with Crippen molar-refractivity contribution in [1.29, 1.82) is 5.26 Å². The molecule has 0 saturated carbocycles. The van der Waals surface area contributed by atoms with E-state index in [0.717, 1.165) is 17.7 Å². The van der Waals surface area contributed by atoms with Gasteiger partial charge in [-0.25, -0.2) is 0 Å². The Morgan fingerprint density at radius 1 is 1.17 bits per heavy atom. The first-order chi connectivity index (χ1) is 17.0. The lowest BCUT2D eigenvalue weighted by Crippen LogP contribution is -2.41. The number of aromatic nitrogens is 2. The monoisotopic (exact) mass is 491 g/mol. The van der Waals surface area contributed by atoms with Crippen LogP contribution in [0.25, 0.3) is 0 Å². The average molecular weight is 492 g/mol. The molecular weight excluding hydrogens is 467 g/mol. The number of hydrogen-bond donors (Lipinski definition) is 3. The number of ether oxygens (including phenoxy) is 1. The Morgan fingerprint density at radius 2 is 1.89 bits per heavy atom. The van der Waals surface area contributed by atoms with Crippen LogP contribution in [0, 0.1) is 36.0 Å². The van der Waals surface area contributed by atoms with E-state index in [4.69, 9.17) is 16.2 Å². The second-order valence-electron chi connectivity index (χ2n) is 8.85. The first kappa shape index (κ1) is 24.9. The molecule has 4 rings (SSSR count). The predicted molar refractivity (Wildman–Crippen MR) is 128 cm³/mol. The molecular formula is C27H24F3N5O. The van der Waals surface area contributed by atoms with Gasteiger partial charge in [0.1, 0.15) is 11.6 Å². The van der Waals surface area contributed by atoms with E-state index < -0.39 is 23.1 Å². The van der Waals surface area contributed by atoms with Crippen LogP contribution >= 0.6 is 0 Å². The number of alkyl halides is 3. The molecule has 2 aromatic carbocycles. The number of aryl methyl sites for hydroxylation is 1. The van der Waals surface area contributed by atoms with Crippen LogP contribution in [0.2, 0.25) is 0 Å². The molecule has 0 spiro atoms. The van der Waals surface area contributed by atoms with Gasteiger partial charge in [0.2, 0.25) is 11.8 Å². The third-order valence-electron chi connectivity index (χ3n) is 6.43. The minimum absolute atomic E-state index is 0.0150. The minimum Gasteiger partial charge on any atom is -0.420 e. The lowest BCUT2D eigenvalue weighted by molar-refractivity contribution is -0.137. The predicted octanol–water partition coefficient (Wildman–Crippen LogP) is 4.62. The Labute approximate surface area is 206 Å². The van der Waals surface area contributed by atoms with Crippen molar-refractivity contribution in [2.75, 3.05) is 0 Å². The number of rotatable bonds is 3. The molecule has 0 amide bonds. The second kappa shape index (κ2) is 9.10. The van der Waals surface area contributed by atoms with Crippen molar-refractivity contribution in [2.24, 2.45) is 17.4 Å². The molecule has 0 bridgehead atoms. The Bertz CT molecular complexity index is 1470. The molecule has 1 aliphatic rings. The summed E-state index contributed by atoms with van der Waals surface area (Å²) < 4.78 is 47.8. The number of hydrogen-bond acceptors (Lipinski definition) is 5. The van der Waals surface area contributed by atoms with Crippen LogP contribution in [-0.2, 0) is 18.1 Å². The Balaban J connectivity index is 2.05. The van der Waals surface area contributed by atoms with Gasteiger partial charge in [0.25, 0.3) is 0 Å². The van der Waals surface area contributed by atoms with Gasteiger partial charge in [0.15, 0.2) is 0 Å². The van der Waals surface area contributed by atoms with Crippen molar-refractivity contribution in [3.05, 3.63) is 93.0 Å². The molecule has 5 N–H and O–H groups in total. The highest BCUT2D eigenvalue weighted by Gasteiger charge is 2.51. The van der Waals surface area contributed by atoms with E-state index >= 15 is 0 Å². The van der Waals surface area contributed by atoms with Gasteiger partial charge < -0.3 is 16.2 Å². The van der Waals surface area contributed by atoms with E-state index in [1.165, 1.54) is 0 Å². The first-order valence-electron chi connectivity index (χ1n) is 11.2. The molecule has 1 atom stereocenters. The summed E-state index contributed by atoms with van der Waals surface area (Å²) in [6, 6.07) is 12.9. The van der Waals surface area contributed by atoms with Crippen LogP contribution in [0.15, 0.2) is 53.9 Å². The second-order valence-corrected chi connectivity index (χ2v) is 8.85. The molecule has 9 heteroatoms. The molecule has 0 fully saturated rings. The van der Waals surface area contributed by atoms with Gasteiger partial charge in [0, 0.05) is 23.4 Å². The van der Waals surface area contributed by atoms with Crippen LogP contribution < -0.4 is 16.2 Å². The maximum Gasteiger partial charge on any atom is 0.416 e. The molecule has 0 saturated heterocycles. The Hall–Kier alpha value is -4.21. The standard InChI is InChI=1S/C27H24F3N5O/c1-15(2)26(22(14-32)24(33)36-25-23(26)16(3)34-35-25)20-10-17(11-21(12-20)27(28,29)30)8-9-18-6-4-5-7-19(18)13-31/h4-7,10-12,15H,13,31,33H2,1-3H3,(H,34,35). The maximum absolute atomic E-state index is 14.1. The van der Waals surface area contributed by atoms with Gasteiger partial charge in [-0.15, -0.1) is 5.10 Å². The number of aromatic amines is 1. The SMILES string of the molecule is Cc1[nH]nc2c1C(c1cc(C#Cc3ccccc3CN)cc(C(F)(F)F)c1)(C(C)C)C(C#N)=C(N)O2. The van der Waals surface area contributed by atoms with Crippen LogP contribution in [0.3, 0.4) is 0 Å². The van der Waals surface area contributed by atoms with Gasteiger partial charge >= 0.3 is 6.18 Å². The van der Waals surface area contributed by atoms with E-state index in [-0.39, 0.29) is 35.0 Å². The number of halogens is 3. The van der Waals surface area contributed by atoms with E-state index in [0.29, 0.717) is 16.8 Å². The lowest BCUT2D eigenvalue weighted by atomic mass is 9.61. The largest absolute Gasteiger partial charge is 0.420 e. The third kappa shape index (κ3) is 3.98. The number of fused-ring (bicyclic) bond motifs is 1.